The Labute approximate surface area is 98.2 Å². The molecule has 90 valence electrons. The number of hydrogen-bond acceptors (Lipinski definition) is 6. The van der Waals surface area contributed by atoms with Crippen LogP contribution >= 0.6 is 0 Å². The van der Waals surface area contributed by atoms with E-state index in [4.69, 9.17) is 5.73 Å². The quantitative estimate of drug-likeness (QED) is 0.792. The van der Waals surface area contributed by atoms with Gasteiger partial charge in [0.1, 0.15) is 4.90 Å². The van der Waals surface area contributed by atoms with Crippen LogP contribution in [-0.2, 0) is 16.4 Å². The highest BCUT2D eigenvalue weighted by Crippen LogP contribution is 2.09. The van der Waals surface area contributed by atoms with Crippen molar-refractivity contribution in [3.05, 3.63) is 30.4 Å². The van der Waals surface area contributed by atoms with Crippen molar-refractivity contribution >= 4 is 9.84 Å². The molecular weight excluding hydrogens is 242 g/mol. The Morgan fingerprint density at radius 1 is 1.47 bits per heavy atom. The maximum atomic E-state index is 11.3. The summed E-state index contributed by atoms with van der Waals surface area (Å²) in [5, 5.41) is 3.90. The highest BCUT2D eigenvalue weighted by atomic mass is 32.2. The molecule has 0 radical (unpaired) electrons. The van der Waals surface area contributed by atoms with Gasteiger partial charge in [-0.3, -0.25) is 0 Å². The van der Waals surface area contributed by atoms with Gasteiger partial charge in [-0.2, -0.15) is 5.10 Å². The Balaban J connectivity index is 2.43. The van der Waals surface area contributed by atoms with Crippen LogP contribution in [0.3, 0.4) is 0 Å². The van der Waals surface area contributed by atoms with Crippen molar-refractivity contribution in [3.63, 3.8) is 0 Å². The lowest BCUT2D eigenvalue weighted by Crippen LogP contribution is -2.06. The fourth-order valence-electron chi connectivity index (χ4n) is 1.22. The highest BCUT2D eigenvalue weighted by molar-refractivity contribution is 7.90. The molecule has 0 aromatic carbocycles. The standard InChI is InChI=1S/C9H11N5O2S/c1-17(15,16)8-5-12-14(6-8)9-11-3-2-7(4-10)13-9/h2-3,5-6H,4,10H2,1H3. The second-order valence-electron chi connectivity index (χ2n) is 3.44. The van der Waals surface area contributed by atoms with Crippen molar-refractivity contribution in [2.45, 2.75) is 11.4 Å². The van der Waals surface area contributed by atoms with Gasteiger partial charge in [0.05, 0.1) is 18.1 Å². The van der Waals surface area contributed by atoms with Gasteiger partial charge in [0.2, 0.25) is 0 Å². The first-order valence-electron chi connectivity index (χ1n) is 4.78. The van der Waals surface area contributed by atoms with Crippen molar-refractivity contribution in [1.29, 1.82) is 0 Å². The summed E-state index contributed by atoms with van der Waals surface area (Å²) in [6, 6.07) is 1.68. The van der Waals surface area contributed by atoms with E-state index >= 15 is 0 Å². The third-order valence-corrected chi connectivity index (χ3v) is 3.17. The summed E-state index contributed by atoms with van der Waals surface area (Å²) in [6.07, 6.45) is 5.29. The van der Waals surface area contributed by atoms with Crippen LogP contribution in [0.25, 0.3) is 5.95 Å². The SMILES string of the molecule is CS(=O)(=O)c1cnn(-c2nccc(CN)n2)c1. The van der Waals surface area contributed by atoms with Crippen LogP contribution in [0, 0.1) is 0 Å². The zero-order valence-electron chi connectivity index (χ0n) is 9.11. The number of nitrogens with zero attached hydrogens (tertiary/aromatic N) is 4. The molecule has 0 atom stereocenters. The predicted molar refractivity (Wildman–Crippen MR) is 60.2 cm³/mol. The lowest BCUT2D eigenvalue weighted by atomic mass is 10.4. The summed E-state index contributed by atoms with van der Waals surface area (Å²) in [4.78, 5) is 8.24. The molecule has 2 aromatic rings. The normalized spacial score (nSPS) is 11.6. The fourth-order valence-corrected chi connectivity index (χ4v) is 1.75. The van der Waals surface area contributed by atoms with Gasteiger partial charge in [0.15, 0.2) is 9.84 Å². The molecule has 0 spiro atoms. The van der Waals surface area contributed by atoms with Gasteiger partial charge in [-0.15, -0.1) is 0 Å². The molecule has 2 aromatic heterocycles. The Morgan fingerprint density at radius 2 is 2.24 bits per heavy atom. The summed E-state index contributed by atoms with van der Waals surface area (Å²) >= 11 is 0. The van der Waals surface area contributed by atoms with Crippen LogP contribution < -0.4 is 5.73 Å². The first kappa shape index (κ1) is 11.7. The zero-order chi connectivity index (χ0) is 12.5. The van der Waals surface area contributed by atoms with E-state index in [9.17, 15) is 8.42 Å². The van der Waals surface area contributed by atoms with Crippen LogP contribution in [0.15, 0.2) is 29.6 Å². The minimum Gasteiger partial charge on any atom is -0.325 e. The van der Waals surface area contributed by atoms with Gasteiger partial charge in [0.25, 0.3) is 5.95 Å². The van der Waals surface area contributed by atoms with Crippen molar-refractivity contribution in [2.75, 3.05) is 6.26 Å². The van der Waals surface area contributed by atoms with E-state index in [-0.39, 0.29) is 11.4 Å². The van der Waals surface area contributed by atoms with Gasteiger partial charge in [-0.1, -0.05) is 0 Å². The number of aromatic nitrogens is 4. The Kier molecular flexibility index (Phi) is 2.90. The molecule has 2 rings (SSSR count). The van der Waals surface area contributed by atoms with E-state index in [0.717, 1.165) is 6.26 Å². The van der Waals surface area contributed by atoms with Crippen molar-refractivity contribution in [2.24, 2.45) is 5.73 Å². The van der Waals surface area contributed by atoms with Crippen LogP contribution in [0.1, 0.15) is 5.69 Å². The van der Waals surface area contributed by atoms with Crippen LogP contribution in [0.5, 0.6) is 0 Å². The zero-order valence-corrected chi connectivity index (χ0v) is 9.92. The molecule has 0 aliphatic carbocycles. The smallest absolute Gasteiger partial charge is 0.250 e. The maximum Gasteiger partial charge on any atom is 0.250 e. The van der Waals surface area contributed by atoms with Crippen LogP contribution in [0.2, 0.25) is 0 Å². The van der Waals surface area contributed by atoms with Crippen molar-refractivity contribution in [1.82, 2.24) is 19.7 Å². The minimum atomic E-state index is -3.27. The monoisotopic (exact) mass is 253 g/mol. The molecule has 0 amide bonds. The van der Waals surface area contributed by atoms with E-state index in [1.165, 1.54) is 17.1 Å². The number of nitrogens with two attached hydrogens (primary N) is 1. The summed E-state index contributed by atoms with van der Waals surface area (Å²) in [5.41, 5.74) is 6.11. The molecule has 8 heteroatoms. The maximum absolute atomic E-state index is 11.3. The molecule has 0 unspecified atom stereocenters. The Hall–Kier alpha value is -1.80. The minimum absolute atomic E-state index is 0.124. The highest BCUT2D eigenvalue weighted by Gasteiger charge is 2.11. The van der Waals surface area contributed by atoms with Gasteiger partial charge in [-0.05, 0) is 6.07 Å². The largest absolute Gasteiger partial charge is 0.325 e. The molecule has 0 saturated heterocycles. The number of rotatable bonds is 3. The molecule has 17 heavy (non-hydrogen) atoms. The molecule has 0 aliphatic rings. The Bertz CT molecular complexity index is 634. The van der Waals surface area contributed by atoms with Gasteiger partial charge in [0, 0.05) is 19.0 Å². The predicted octanol–water partition coefficient (Wildman–Crippen LogP) is -0.476. The lowest BCUT2D eigenvalue weighted by molar-refractivity contribution is 0.602. The third kappa shape index (κ3) is 2.48. The molecule has 0 fully saturated rings. The summed E-state index contributed by atoms with van der Waals surface area (Å²) in [5.74, 6) is 0.294. The molecule has 0 bridgehead atoms. The van der Waals surface area contributed by atoms with Gasteiger partial charge in [-0.25, -0.2) is 23.1 Å². The molecular formula is C9H11N5O2S. The first-order chi connectivity index (χ1) is 8.00. The molecule has 2 N–H and O–H groups in total. The van der Waals surface area contributed by atoms with E-state index in [1.807, 2.05) is 0 Å². The summed E-state index contributed by atoms with van der Waals surface area (Å²) in [6.45, 7) is 0.287. The molecule has 0 aliphatic heterocycles. The topological polar surface area (TPSA) is 104 Å². The molecule has 2 heterocycles. The average Bonchev–Trinajstić information content (AvgIpc) is 2.78. The lowest BCUT2D eigenvalue weighted by Gasteiger charge is -2.00. The van der Waals surface area contributed by atoms with Crippen LogP contribution in [0.4, 0.5) is 0 Å². The average molecular weight is 253 g/mol. The van der Waals surface area contributed by atoms with E-state index in [2.05, 4.69) is 15.1 Å². The second kappa shape index (κ2) is 4.22. The van der Waals surface area contributed by atoms with E-state index < -0.39 is 9.84 Å². The number of hydrogen-bond donors (Lipinski definition) is 1. The molecule has 0 saturated carbocycles. The van der Waals surface area contributed by atoms with Crippen molar-refractivity contribution < 1.29 is 8.42 Å². The van der Waals surface area contributed by atoms with Gasteiger partial charge < -0.3 is 5.73 Å². The van der Waals surface area contributed by atoms with Crippen molar-refractivity contribution in [3.8, 4) is 5.95 Å². The van der Waals surface area contributed by atoms with E-state index in [1.54, 1.807) is 12.3 Å². The van der Waals surface area contributed by atoms with Crippen LogP contribution in [-0.4, -0.2) is 34.4 Å². The first-order valence-corrected chi connectivity index (χ1v) is 6.67. The van der Waals surface area contributed by atoms with Gasteiger partial charge >= 0.3 is 0 Å². The summed E-state index contributed by atoms with van der Waals surface area (Å²) in [7, 11) is -3.27. The third-order valence-electron chi connectivity index (χ3n) is 2.10. The number of sulfone groups is 1. The van der Waals surface area contributed by atoms with E-state index in [0.29, 0.717) is 11.6 Å². The second-order valence-corrected chi connectivity index (χ2v) is 5.46. The molecule has 7 nitrogen and oxygen atoms in total. The Morgan fingerprint density at radius 3 is 2.82 bits per heavy atom. The fraction of sp³-hybridized carbons (Fsp3) is 0.222. The summed E-state index contributed by atoms with van der Waals surface area (Å²) < 4.78 is 23.9.